The SMILES string of the molecule is CCC(C)(CC(C)(c1ccccc1)C(C)C(C)(C)C)c1ccccc1.CO.COC(C)(C)OC. The fourth-order valence-electron chi connectivity index (χ4n) is 4.45. The number of rotatable bonds is 8. The summed E-state index contributed by atoms with van der Waals surface area (Å²) in [6, 6.07) is 22.2. The number of hydrogen-bond donors (Lipinski definition) is 1. The van der Waals surface area contributed by atoms with Crippen molar-refractivity contribution in [1.29, 1.82) is 0 Å². The summed E-state index contributed by atoms with van der Waals surface area (Å²) >= 11 is 0. The Bertz CT molecular complexity index is 773. The molecule has 3 nitrogen and oxygen atoms in total. The van der Waals surface area contributed by atoms with Crippen molar-refractivity contribution in [3.63, 3.8) is 0 Å². The molecule has 2 rings (SSSR count). The molecule has 2 aromatic carbocycles. The Morgan fingerprint density at radius 3 is 1.38 bits per heavy atom. The molecule has 3 atom stereocenters. The minimum absolute atomic E-state index is 0.125. The molecular weight excluding hydrogens is 420 g/mol. The lowest BCUT2D eigenvalue weighted by molar-refractivity contribution is -0.178. The highest BCUT2D eigenvalue weighted by Gasteiger charge is 2.44. The second-order valence-electron chi connectivity index (χ2n) is 11.1. The van der Waals surface area contributed by atoms with Gasteiger partial charge in [-0.2, -0.15) is 0 Å². The molecule has 0 radical (unpaired) electrons. The first kappa shape index (κ1) is 32.3. The number of aliphatic hydroxyl groups is 1. The number of methoxy groups -OCH3 is 2. The Balaban J connectivity index is 0.00000104. The van der Waals surface area contributed by atoms with Crippen molar-refractivity contribution in [2.75, 3.05) is 21.3 Å². The first-order valence-corrected chi connectivity index (χ1v) is 12.4. The molecule has 1 N–H and O–H groups in total. The van der Waals surface area contributed by atoms with Crippen LogP contribution in [0.1, 0.15) is 86.3 Å². The van der Waals surface area contributed by atoms with E-state index in [1.165, 1.54) is 11.1 Å². The smallest absolute Gasteiger partial charge is 0.161 e. The van der Waals surface area contributed by atoms with Crippen LogP contribution in [0.4, 0.5) is 0 Å². The minimum atomic E-state index is -0.417. The summed E-state index contributed by atoms with van der Waals surface area (Å²) in [4.78, 5) is 0. The molecule has 0 bridgehead atoms. The standard InChI is InChI=1S/C25H36.C5H12O2.CH4O/c1-8-24(6,21-15-11-9-12-16-21)19-25(7,20(2)23(3,4)5)22-17-13-10-14-18-22;1-5(2,6-3)7-4;1-2/h9-18,20H,8,19H2,1-7H3;1-4H3;2H,1H3. The number of ether oxygens (including phenoxy) is 2. The van der Waals surface area contributed by atoms with Gasteiger partial charge in [-0.3, -0.25) is 0 Å². The Morgan fingerprint density at radius 2 is 1.09 bits per heavy atom. The third kappa shape index (κ3) is 9.17. The van der Waals surface area contributed by atoms with Gasteiger partial charge in [0.25, 0.3) is 0 Å². The lowest BCUT2D eigenvalue weighted by Crippen LogP contribution is -2.43. The van der Waals surface area contributed by atoms with Crippen molar-refractivity contribution in [2.24, 2.45) is 11.3 Å². The van der Waals surface area contributed by atoms with Crippen molar-refractivity contribution in [3.8, 4) is 0 Å². The van der Waals surface area contributed by atoms with Crippen LogP contribution in [0.3, 0.4) is 0 Å². The quantitative estimate of drug-likeness (QED) is 0.395. The zero-order valence-corrected chi connectivity index (χ0v) is 24.0. The summed E-state index contributed by atoms with van der Waals surface area (Å²) in [6.45, 7) is 20.5. The molecule has 0 aliphatic heterocycles. The van der Waals surface area contributed by atoms with Gasteiger partial charge < -0.3 is 14.6 Å². The minimum Gasteiger partial charge on any atom is -0.400 e. The monoisotopic (exact) mass is 472 g/mol. The molecule has 3 heteroatoms. The van der Waals surface area contributed by atoms with E-state index in [1.807, 2.05) is 13.8 Å². The van der Waals surface area contributed by atoms with E-state index < -0.39 is 5.79 Å². The molecule has 0 aromatic heterocycles. The topological polar surface area (TPSA) is 38.7 Å². The fourth-order valence-corrected chi connectivity index (χ4v) is 4.45. The second kappa shape index (κ2) is 14.0. The summed E-state index contributed by atoms with van der Waals surface area (Å²) in [5, 5.41) is 7.00. The van der Waals surface area contributed by atoms with Gasteiger partial charge in [0.15, 0.2) is 5.79 Å². The van der Waals surface area contributed by atoms with Crippen LogP contribution < -0.4 is 0 Å². The zero-order chi connectivity index (χ0) is 26.6. The van der Waals surface area contributed by atoms with Crippen molar-refractivity contribution in [3.05, 3.63) is 71.8 Å². The first-order chi connectivity index (χ1) is 15.8. The van der Waals surface area contributed by atoms with Gasteiger partial charge >= 0.3 is 0 Å². The normalized spacial score (nSPS) is 16.0. The Morgan fingerprint density at radius 1 is 0.706 bits per heavy atom. The lowest BCUT2D eigenvalue weighted by atomic mass is 9.56. The van der Waals surface area contributed by atoms with Crippen LogP contribution in [-0.4, -0.2) is 32.2 Å². The summed E-state index contributed by atoms with van der Waals surface area (Å²) < 4.78 is 9.73. The molecule has 0 aliphatic carbocycles. The Hall–Kier alpha value is -1.68. The van der Waals surface area contributed by atoms with Crippen LogP contribution in [0.15, 0.2) is 60.7 Å². The van der Waals surface area contributed by atoms with Crippen LogP contribution in [-0.2, 0) is 20.3 Å². The molecule has 3 unspecified atom stereocenters. The summed E-state index contributed by atoms with van der Waals surface area (Å²) in [5.41, 5.74) is 3.48. The van der Waals surface area contributed by atoms with Gasteiger partial charge in [-0.25, -0.2) is 0 Å². The largest absolute Gasteiger partial charge is 0.400 e. The van der Waals surface area contributed by atoms with E-state index in [1.54, 1.807) is 14.2 Å². The van der Waals surface area contributed by atoms with Gasteiger partial charge in [0.2, 0.25) is 0 Å². The average molecular weight is 473 g/mol. The zero-order valence-electron chi connectivity index (χ0n) is 24.0. The molecule has 0 spiro atoms. The van der Waals surface area contributed by atoms with Crippen LogP contribution in [0.2, 0.25) is 0 Å². The van der Waals surface area contributed by atoms with E-state index in [2.05, 4.69) is 109 Å². The molecule has 0 saturated carbocycles. The van der Waals surface area contributed by atoms with Crippen molar-refractivity contribution >= 4 is 0 Å². The third-order valence-electron chi connectivity index (χ3n) is 7.68. The molecule has 0 fully saturated rings. The van der Waals surface area contributed by atoms with E-state index in [-0.39, 0.29) is 16.2 Å². The maximum atomic E-state index is 7.00. The maximum absolute atomic E-state index is 7.00. The van der Waals surface area contributed by atoms with E-state index in [0.717, 1.165) is 20.0 Å². The first-order valence-electron chi connectivity index (χ1n) is 12.4. The second-order valence-corrected chi connectivity index (χ2v) is 11.1. The summed E-state index contributed by atoms with van der Waals surface area (Å²) in [7, 11) is 4.23. The van der Waals surface area contributed by atoms with Crippen LogP contribution in [0.5, 0.6) is 0 Å². The number of aliphatic hydroxyl groups excluding tert-OH is 1. The molecule has 0 aliphatic rings. The lowest BCUT2D eigenvalue weighted by Gasteiger charge is -2.48. The highest BCUT2D eigenvalue weighted by Crippen LogP contribution is 2.50. The van der Waals surface area contributed by atoms with Crippen molar-refractivity contribution in [2.45, 2.75) is 91.8 Å². The molecule has 0 amide bonds. The predicted octanol–water partition coefficient (Wildman–Crippen LogP) is 8.01. The summed E-state index contributed by atoms with van der Waals surface area (Å²) in [5.74, 6) is 0.150. The van der Waals surface area contributed by atoms with E-state index in [9.17, 15) is 0 Å². The van der Waals surface area contributed by atoms with Crippen LogP contribution in [0.25, 0.3) is 0 Å². The van der Waals surface area contributed by atoms with Gasteiger partial charge in [-0.1, -0.05) is 109 Å². The predicted molar refractivity (Wildman–Crippen MR) is 147 cm³/mol. The molecule has 0 saturated heterocycles. The fraction of sp³-hybridized carbons (Fsp3) is 0.613. The van der Waals surface area contributed by atoms with E-state index in [4.69, 9.17) is 14.6 Å². The van der Waals surface area contributed by atoms with E-state index >= 15 is 0 Å². The number of benzene rings is 2. The highest BCUT2D eigenvalue weighted by molar-refractivity contribution is 5.31. The van der Waals surface area contributed by atoms with E-state index in [0.29, 0.717) is 5.92 Å². The van der Waals surface area contributed by atoms with Crippen molar-refractivity contribution < 1.29 is 14.6 Å². The Kier molecular flexibility index (Phi) is 13.3. The Labute approximate surface area is 210 Å². The van der Waals surface area contributed by atoms with Gasteiger partial charge in [-0.05, 0) is 60.0 Å². The molecule has 0 heterocycles. The van der Waals surface area contributed by atoms with Gasteiger partial charge in [0, 0.05) is 21.3 Å². The van der Waals surface area contributed by atoms with Crippen LogP contribution >= 0.6 is 0 Å². The number of hydrogen-bond acceptors (Lipinski definition) is 3. The highest BCUT2D eigenvalue weighted by atomic mass is 16.7. The van der Waals surface area contributed by atoms with Crippen LogP contribution in [0, 0.1) is 11.3 Å². The van der Waals surface area contributed by atoms with Gasteiger partial charge in [0.05, 0.1) is 0 Å². The molecule has 194 valence electrons. The molecular formula is C31H52O3. The van der Waals surface area contributed by atoms with Gasteiger partial charge in [-0.15, -0.1) is 0 Å². The summed E-state index contributed by atoms with van der Waals surface area (Å²) in [6.07, 6.45) is 2.30. The third-order valence-corrected chi connectivity index (χ3v) is 7.68. The molecule has 2 aromatic rings. The van der Waals surface area contributed by atoms with Crippen molar-refractivity contribution in [1.82, 2.24) is 0 Å². The van der Waals surface area contributed by atoms with Gasteiger partial charge in [0.1, 0.15) is 0 Å². The maximum Gasteiger partial charge on any atom is 0.161 e. The molecule has 34 heavy (non-hydrogen) atoms. The average Bonchev–Trinajstić information content (AvgIpc) is 2.85.